The van der Waals surface area contributed by atoms with Gasteiger partial charge in [-0.25, -0.2) is 0 Å². The van der Waals surface area contributed by atoms with E-state index >= 15 is 0 Å². The molecule has 2 amide bonds. The second-order valence-corrected chi connectivity index (χ2v) is 7.62. The summed E-state index contributed by atoms with van der Waals surface area (Å²) in [6.45, 7) is 0.0599. The number of para-hydroxylation sites is 1. The second kappa shape index (κ2) is 12.0. The van der Waals surface area contributed by atoms with Crippen LogP contribution < -0.4 is 20.3 Å². The van der Waals surface area contributed by atoms with Crippen molar-refractivity contribution in [2.24, 2.45) is 0 Å². The number of carbonyl (C=O) groups excluding carboxylic acids is 2. The molecule has 8 heteroatoms. The normalized spacial score (nSPS) is 10.3. The molecule has 0 unspecified atom stereocenters. The highest BCUT2D eigenvalue weighted by atomic mass is 35.5. The van der Waals surface area contributed by atoms with Crippen LogP contribution in [0.1, 0.15) is 12.8 Å². The zero-order valence-corrected chi connectivity index (χ0v) is 18.7. The van der Waals surface area contributed by atoms with E-state index in [-0.39, 0.29) is 18.9 Å². The van der Waals surface area contributed by atoms with Crippen molar-refractivity contribution >= 4 is 35.0 Å². The molecular weight excluding hydrogens is 451 g/mol. The summed E-state index contributed by atoms with van der Waals surface area (Å²) >= 11 is 11.9. The van der Waals surface area contributed by atoms with Crippen molar-refractivity contribution in [2.45, 2.75) is 12.8 Å². The third-order valence-corrected chi connectivity index (χ3v) is 4.90. The molecule has 3 rings (SSSR count). The quantitative estimate of drug-likeness (QED) is 0.337. The molecule has 0 aromatic heterocycles. The van der Waals surface area contributed by atoms with Crippen LogP contribution in [-0.4, -0.2) is 25.0 Å². The smallest absolute Gasteiger partial charge is 0.276 e. The first-order valence-corrected chi connectivity index (χ1v) is 10.7. The largest absolute Gasteiger partial charge is 0.492 e. The van der Waals surface area contributed by atoms with E-state index in [0.717, 1.165) is 11.1 Å². The number of benzene rings is 3. The molecule has 2 N–H and O–H groups in total. The van der Waals surface area contributed by atoms with Crippen LogP contribution in [0.25, 0.3) is 11.1 Å². The molecule has 3 aromatic rings. The van der Waals surface area contributed by atoms with Crippen molar-refractivity contribution in [3.63, 3.8) is 0 Å². The third-order valence-electron chi connectivity index (χ3n) is 4.37. The SMILES string of the molecule is O=C(CCCOc1ccc(Cl)cc1Cl)NNC(=O)COc1ccccc1-c1ccccc1. The maximum absolute atomic E-state index is 12.0. The minimum absolute atomic E-state index is 0.170. The monoisotopic (exact) mass is 472 g/mol. The van der Waals surface area contributed by atoms with Gasteiger partial charge in [0.25, 0.3) is 5.91 Å². The summed E-state index contributed by atoms with van der Waals surface area (Å²) in [6.07, 6.45) is 0.616. The predicted molar refractivity (Wildman–Crippen MR) is 125 cm³/mol. The van der Waals surface area contributed by atoms with E-state index in [1.807, 2.05) is 48.5 Å². The molecule has 32 heavy (non-hydrogen) atoms. The summed E-state index contributed by atoms with van der Waals surface area (Å²) in [4.78, 5) is 24.0. The van der Waals surface area contributed by atoms with Crippen molar-refractivity contribution in [2.75, 3.05) is 13.2 Å². The van der Waals surface area contributed by atoms with Gasteiger partial charge in [0.1, 0.15) is 11.5 Å². The summed E-state index contributed by atoms with van der Waals surface area (Å²) in [5, 5.41) is 0.924. The minimum atomic E-state index is -0.467. The van der Waals surface area contributed by atoms with Crippen molar-refractivity contribution in [3.8, 4) is 22.6 Å². The van der Waals surface area contributed by atoms with Crippen LogP contribution in [0.3, 0.4) is 0 Å². The van der Waals surface area contributed by atoms with Gasteiger partial charge in [-0.2, -0.15) is 0 Å². The Hall–Kier alpha value is -3.22. The van der Waals surface area contributed by atoms with Crippen molar-refractivity contribution < 1.29 is 19.1 Å². The molecule has 0 aliphatic rings. The highest BCUT2D eigenvalue weighted by Gasteiger charge is 2.10. The molecule has 0 fully saturated rings. The van der Waals surface area contributed by atoms with Crippen LogP contribution in [0.4, 0.5) is 0 Å². The Kier molecular flexibility index (Phi) is 8.78. The van der Waals surface area contributed by atoms with Gasteiger partial charge < -0.3 is 9.47 Å². The first kappa shape index (κ1) is 23.4. The molecule has 0 aliphatic carbocycles. The first-order chi connectivity index (χ1) is 15.5. The summed E-state index contributed by atoms with van der Waals surface area (Å²) in [5.74, 6) is 0.273. The Morgan fingerprint density at radius 1 is 0.781 bits per heavy atom. The summed E-state index contributed by atoms with van der Waals surface area (Å²) in [5.41, 5.74) is 6.58. The van der Waals surface area contributed by atoms with Crippen LogP contribution >= 0.6 is 23.2 Å². The molecule has 6 nitrogen and oxygen atoms in total. The van der Waals surface area contributed by atoms with Crippen molar-refractivity contribution in [1.29, 1.82) is 0 Å². The zero-order valence-electron chi connectivity index (χ0n) is 17.1. The Balaban J connectivity index is 1.37. The highest BCUT2D eigenvalue weighted by molar-refractivity contribution is 6.35. The van der Waals surface area contributed by atoms with E-state index in [9.17, 15) is 9.59 Å². The molecular formula is C24H22Cl2N2O4. The van der Waals surface area contributed by atoms with Crippen LogP contribution in [-0.2, 0) is 9.59 Å². The van der Waals surface area contributed by atoms with Gasteiger partial charge in [0.05, 0.1) is 11.6 Å². The number of hydrogen-bond acceptors (Lipinski definition) is 4. The molecule has 3 aromatic carbocycles. The number of ether oxygens (including phenoxy) is 2. The number of halogens is 2. The summed E-state index contributed by atoms with van der Waals surface area (Å²) in [6, 6.07) is 22.1. The van der Waals surface area contributed by atoms with Gasteiger partial charge in [-0.05, 0) is 36.2 Å². The van der Waals surface area contributed by atoms with Gasteiger partial charge in [0.15, 0.2) is 6.61 Å². The third kappa shape index (κ3) is 7.18. The number of hydrazine groups is 1. The second-order valence-electron chi connectivity index (χ2n) is 6.77. The van der Waals surface area contributed by atoms with Crippen LogP contribution in [0.5, 0.6) is 11.5 Å². The lowest BCUT2D eigenvalue weighted by Gasteiger charge is -2.12. The summed E-state index contributed by atoms with van der Waals surface area (Å²) in [7, 11) is 0. The lowest BCUT2D eigenvalue weighted by atomic mass is 10.1. The maximum atomic E-state index is 12.0. The molecule has 0 saturated heterocycles. The Morgan fingerprint density at radius 2 is 1.50 bits per heavy atom. The van der Waals surface area contributed by atoms with Gasteiger partial charge in [-0.1, -0.05) is 71.7 Å². The van der Waals surface area contributed by atoms with Crippen LogP contribution in [0, 0.1) is 0 Å². The van der Waals surface area contributed by atoms with E-state index in [4.69, 9.17) is 32.7 Å². The number of rotatable bonds is 9. The average molecular weight is 473 g/mol. The van der Waals surface area contributed by atoms with Crippen molar-refractivity contribution in [3.05, 3.63) is 82.8 Å². The molecule has 0 radical (unpaired) electrons. The van der Waals surface area contributed by atoms with Crippen molar-refractivity contribution in [1.82, 2.24) is 10.9 Å². The van der Waals surface area contributed by atoms with Gasteiger partial charge >= 0.3 is 0 Å². The molecule has 0 spiro atoms. The summed E-state index contributed by atoms with van der Waals surface area (Å²) < 4.78 is 11.2. The molecule has 0 aliphatic heterocycles. The molecule has 0 saturated carbocycles. The Bertz CT molecular complexity index is 1060. The standard InChI is InChI=1S/C24H22Cl2N2O4/c25-18-12-13-22(20(26)15-18)31-14-6-11-23(29)27-28-24(30)16-32-21-10-5-4-9-19(21)17-7-2-1-3-8-17/h1-5,7-10,12-13,15H,6,11,14,16H2,(H,27,29)(H,28,30). The van der Waals surface area contributed by atoms with E-state index in [0.29, 0.717) is 34.6 Å². The van der Waals surface area contributed by atoms with Gasteiger partial charge in [0, 0.05) is 17.0 Å². The number of amides is 2. The predicted octanol–water partition coefficient (Wildman–Crippen LogP) is 5.05. The van der Waals surface area contributed by atoms with Crippen LogP contribution in [0.15, 0.2) is 72.8 Å². The number of nitrogens with one attached hydrogen (secondary N) is 2. The molecule has 166 valence electrons. The Morgan fingerprint density at radius 3 is 2.28 bits per heavy atom. The van der Waals surface area contributed by atoms with E-state index < -0.39 is 5.91 Å². The molecule has 0 atom stereocenters. The van der Waals surface area contributed by atoms with Gasteiger partial charge in [-0.15, -0.1) is 0 Å². The lowest BCUT2D eigenvalue weighted by molar-refractivity contribution is -0.130. The van der Waals surface area contributed by atoms with E-state index in [2.05, 4.69) is 10.9 Å². The number of carbonyl (C=O) groups is 2. The minimum Gasteiger partial charge on any atom is -0.492 e. The topological polar surface area (TPSA) is 76.7 Å². The molecule has 0 bridgehead atoms. The lowest BCUT2D eigenvalue weighted by Crippen LogP contribution is -2.43. The average Bonchev–Trinajstić information content (AvgIpc) is 2.81. The van der Waals surface area contributed by atoms with Gasteiger partial charge in [0.2, 0.25) is 5.91 Å². The Labute approximate surface area is 196 Å². The van der Waals surface area contributed by atoms with Crippen LogP contribution in [0.2, 0.25) is 10.0 Å². The van der Waals surface area contributed by atoms with Gasteiger partial charge in [-0.3, -0.25) is 20.4 Å². The zero-order chi connectivity index (χ0) is 22.8. The molecule has 0 heterocycles. The van der Waals surface area contributed by atoms with E-state index in [1.54, 1.807) is 24.3 Å². The fourth-order valence-electron chi connectivity index (χ4n) is 2.84. The fourth-order valence-corrected chi connectivity index (χ4v) is 3.30. The first-order valence-electron chi connectivity index (χ1n) is 9.95. The fraction of sp³-hybridized carbons (Fsp3) is 0.167. The van der Waals surface area contributed by atoms with E-state index in [1.165, 1.54) is 0 Å². The number of hydrogen-bond donors (Lipinski definition) is 2. The maximum Gasteiger partial charge on any atom is 0.276 e. The highest BCUT2D eigenvalue weighted by Crippen LogP contribution is 2.29.